The predicted octanol–water partition coefficient (Wildman–Crippen LogP) is 2.25. The van der Waals surface area contributed by atoms with E-state index in [9.17, 15) is 0 Å². The molecular weight excluding hydrogens is 417 g/mol. The first-order chi connectivity index (χ1) is 11.3. The number of aromatic nitrogens is 1. The Labute approximate surface area is 162 Å². The van der Waals surface area contributed by atoms with Gasteiger partial charge in [0.1, 0.15) is 0 Å². The Kier molecular flexibility index (Phi) is 10.7. The molecule has 1 fully saturated rings. The van der Waals surface area contributed by atoms with E-state index in [-0.39, 0.29) is 24.0 Å². The van der Waals surface area contributed by atoms with E-state index in [0.717, 1.165) is 31.2 Å². The Morgan fingerprint density at radius 1 is 1.29 bits per heavy atom. The van der Waals surface area contributed by atoms with Crippen molar-refractivity contribution >= 4 is 29.9 Å². The van der Waals surface area contributed by atoms with Crippen LogP contribution in [-0.4, -0.2) is 55.7 Å². The first-order valence-electron chi connectivity index (χ1n) is 8.56. The second-order valence-corrected chi connectivity index (χ2v) is 5.70. The summed E-state index contributed by atoms with van der Waals surface area (Å²) in [4.78, 5) is 11.4. The number of nitrogens with one attached hydrogen (secondary N) is 2. The third kappa shape index (κ3) is 7.21. The number of hydrogen-bond acceptors (Lipinski definition) is 4. The fourth-order valence-corrected chi connectivity index (χ4v) is 2.75. The summed E-state index contributed by atoms with van der Waals surface area (Å²) in [5.74, 6) is 1.48. The summed E-state index contributed by atoms with van der Waals surface area (Å²) in [6, 6.07) is 3.90. The SMILES string of the molecule is CCNC(=NCc1cccnc1OC)NCCN1CCCCC1.I. The molecule has 0 aliphatic carbocycles. The first-order valence-corrected chi connectivity index (χ1v) is 8.56. The van der Waals surface area contributed by atoms with Gasteiger partial charge in [-0.1, -0.05) is 12.5 Å². The minimum absolute atomic E-state index is 0. The van der Waals surface area contributed by atoms with Crippen molar-refractivity contribution in [3.8, 4) is 5.88 Å². The summed E-state index contributed by atoms with van der Waals surface area (Å²) in [7, 11) is 1.64. The Morgan fingerprint density at radius 3 is 2.79 bits per heavy atom. The van der Waals surface area contributed by atoms with Gasteiger partial charge >= 0.3 is 0 Å². The molecule has 0 unspecified atom stereocenters. The van der Waals surface area contributed by atoms with Gasteiger partial charge in [0.05, 0.1) is 13.7 Å². The highest BCUT2D eigenvalue weighted by molar-refractivity contribution is 14.0. The molecule has 0 saturated carbocycles. The van der Waals surface area contributed by atoms with Gasteiger partial charge in [-0.05, 0) is 38.9 Å². The molecule has 24 heavy (non-hydrogen) atoms. The number of pyridine rings is 1. The van der Waals surface area contributed by atoms with Crippen LogP contribution in [0.4, 0.5) is 0 Å². The normalized spacial score (nSPS) is 15.5. The van der Waals surface area contributed by atoms with Crippen LogP contribution in [0.15, 0.2) is 23.3 Å². The number of halogens is 1. The molecule has 0 bridgehead atoms. The van der Waals surface area contributed by atoms with Crippen LogP contribution in [0.1, 0.15) is 31.7 Å². The highest BCUT2D eigenvalue weighted by Crippen LogP contribution is 2.14. The van der Waals surface area contributed by atoms with Crippen molar-refractivity contribution in [2.24, 2.45) is 4.99 Å². The number of guanidine groups is 1. The zero-order chi connectivity index (χ0) is 16.3. The number of nitrogens with zero attached hydrogens (tertiary/aromatic N) is 3. The summed E-state index contributed by atoms with van der Waals surface area (Å²) in [6.45, 7) is 7.91. The smallest absolute Gasteiger partial charge is 0.218 e. The topological polar surface area (TPSA) is 61.8 Å². The number of ether oxygens (including phenoxy) is 1. The van der Waals surface area contributed by atoms with Gasteiger partial charge < -0.3 is 20.3 Å². The number of piperidine rings is 1. The van der Waals surface area contributed by atoms with E-state index >= 15 is 0 Å². The lowest BCUT2D eigenvalue weighted by molar-refractivity contribution is 0.232. The van der Waals surface area contributed by atoms with Crippen LogP contribution in [0.3, 0.4) is 0 Å². The molecule has 1 aromatic rings. The summed E-state index contributed by atoms with van der Waals surface area (Å²) in [5.41, 5.74) is 0.989. The van der Waals surface area contributed by atoms with Gasteiger partial charge in [0, 0.05) is 31.4 Å². The predicted molar refractivity (Wildman–Crippen MR) is 109 cm³/mol. The van der Waals surface area contributed by atoms with E-state index in [2.05, 4.69) is 32.4 Å². The molecule has 136 valence electrons. The summed E-state index contributed by atoms with van der Waals surface area (Å²) in [5, 5.41) is 6.70. The lowest BCUT2D eigenvalue weighted by Gasteiger charge is -2.26. The summed E-state index contributed by atoms with van der Waals surface area (Å²) < 4.78 is 5.27. The van der Waals surface area contributed by atoms with Crippen LogP contribution >= 0.6 is 24.0 Å². The maximum atomic E-state index is 5.27. The molecule has 1 aliphatic rings. The van der Waals surface area contributed by atoms with Crippen molar-refractivity contribution in [2.45, 2.75) is 32.7 Å². The standard InChI is InChI=1S/C17H29N5O.HI/c1-3-18-17(20-10-13-22-11-5-4-6-12-22)21-14-15-8-7-9-19-16(15)23-2;/h7-9H,3-6,10-14H2,1-2H3,(H2,18,20,21);1H. The number of aliphatic imine (C=N–C) groups is 1. The van der Waals surface area contributed by atoms with Crippen LogP contribution in [0.5, 0.6) is 5.88 Å². The fourth-order valence-electron chi connectivity index (χ4n) is 2.75. The Hall–Kier alpha value is -1.09. The molecule has 0 radical (unpaired) electrons. The number of hydrogen-bond donors (Lipinski definition) is 2. The number of rotatable bonds is 7. The molecule has 6 nitrogen and oxygen atoms in total. The molecule has 0 atom stereocenters. The molecule has 2 rings (SSSR count). The molecular formula is C17H30IN5O. The maximum Gasteiger partial charge on any atom is 0.218 e. The average molecular weight is 447 g/mol. The monoisotopic (exact) mass is 447 g/mol. The van der Waals surface area contributed by atoms with Gasteiger partial charge in [-0.25, -0.2) is 9.98 Å². The van der Waals surface area contributed by atoms with Crippen LogP contribution < -0.4 is 15.4 Å². The van der Waals surface area contributed by atoms with Crippen molar-refractivity contribution in [1.82, 2.24) is 20.5 Å². The average Bonchev–Trinajstić information content (AvgIpc) is 2.61. The zero-order valence-electron chi connectivity index (χ0n) is 14.8. The number of methoxy groups -OCH3 is 1. The Balaban J connectivity index is 0.00000288. The molecule has 1 aromatic heterocycles. The highest BCUT2D eigenvalue weighted by atomic mass is 127. The quantitative estimate of drug-likeness (QED) is 0.382. The second-order valence-electron chi connectivity index (χ2n) is 5.70. The lowest BCUT2D eigenvalue weighted by Crippen LogP contribution is -2.42. The number of likely N-dealkylation sites (tertiary alicyclic amines) is 1. The molecule has 0 aromatic carbocycles. The Morgan fingerprint density at radius 2 is 2.08 bits per heavy atom. The molecule has 0 amide bonds. The van der Waals surface area contributed by atoms with E-state index < -0.39 is 0 Å². The Bertz CT molecular complexity index is 492. The molecule has 2 N–H and O–H groups in total. The minimum atomic E-state index is 0. The summed E-state index contributed by atoms with van der Waals surface area (Å²) in [6.07, 6.45) is 5.76. The van der Waals surface area contributed by atoms with Gasteiger partial charge in [-0.3, -0.25) is 0 Å². The van der Waals surface area contributed by atoms with Crippen molar-refractivity contribution in [3.05, 3.63) is 23.9 Å². The van der Waals surface area contributed by atoms with Crippen molar-refractivity contribution in [3.63, 3.8) is 0 Å². The van der Waals surface area contributed by atoms with E-state index in [1.54, 1.807) is 13.3 Å². The summed E-state index contributed by atoms with van der Waals surface area (Å²) >= 11 is 0. The highest BCUT2D eigenvalue weighted by Gasteiger charge is 2.09. The lowest BCUT2D eigenvalue weighted by atomic mass is 10.1. The third-order valence-corrected chi connectivity index (χ3v) is 3.96. The molecule has 0 spiro atoms. The van der Waals surface area contributed by atoms with Gasteiger partial charge in [0.25, 0.3) is 0 Å². The van der Waals surface area contributed by atoms with Crippen molar-refractivity contribution in [1.29, 1.82) is 0 Å². The molecule has 2 heterocycles. The van der Waals surface area contributed by atoms with Crippen molar-refractivity contribution < 1.29 is 4.74 Å². The maximum absolute atomic E-state index is 5.27. The van der Waals surface area contributed by atoms with Crippen LogP contribution in [0.2, 0.25) is 0 Å². The first kappa shape index (κ1) is 21.0. The van der Waals surface area contributed by atoms with E-state index in [1.807, 2.05) is 12.1 Å². The third-order valence-electron chi connectivity index (χ3n) is 3.96. The molecule has 1 saturated heterocycles. The van der Waals surface area contributed by atoms with Gasteiger partial charge in [-0.15, -0.1) is 24.0 Å². The van der Waals surface area contributed by atoms with E-state index in [4.69, 9.17) is 4.74 Å². The minimum Gasteiger partial charge on any atom is -0.481 e. The van der Waals surface area contributed by atoms with Crippen LogP contribution in [0.25, 0.3) is 0 Å². The van der Waals surface area contributed by atoms with Gasteiger partial charge in [0.2, 0.25) is 5.88 Å². The molecule has 7 heteroatoms. The zero-order valence-corrected chi connectivity index (χ0v) is 17.1. The molecule has 1 aliphatic heterocycles. The van der Waals surface area contributed by atoms with Gasteiger partial charge in [-0.2, -0.15) is 0 Å². The van der Waals surface area contributed by atoms with Gasteiger partial charge in [0.15, 0.2) is 5.96 Å². The largest absolute Gasteiger partial charge is 0.481 e. The van der Waals surface area contributed by atoms with E-state index in [0.29, 0.717) is 12.4 Å². The fraction of sp³-hybridized carbons (Fsp3) is 0.647. The second kappa shape index (κ2) is 12.3. The van der Waals surface area contributed by atoms with Crippen molar-refractivity contribution in [2.75, 3.05) is 39.8 Å². The van der Waals surface area contributed by atoms with Crippen LogP contribution in [0, 0.1) is 0 Å². The van der Waals surface area contributed by atoms with Crippen LogP contribution in [-0.2, 0) is 6.54 Å². The van der Waals surface area contributed by atoms with E-state index in [1.165, 1.54) is 32.4 Å².